The summed E-state index contributed by atoms with van der Waals surface area (Å²) in [5, 5.41) is 0. The maximum Gasteiger partial charge on any atom is 0.165 e. The molecule has 0 spiro atoms. The molecule has 0 bridgehead atoms. The van der Waals surface area contributed by atoms with Gasteiger partial charge in [0.1, 0.15) is 5.82 Å². The Bertz CT molecular complexity index is 773. The van der Waals surface area contributed by atoms with Crippen LogP contribution in [0.3, 0.4) is 0 Å². The van der Waals surface area contributed by atoms with Crippen LogP contribution in [0.2, 0.25) is 0 Å². The first-order valence-electron chi connectivity index (χ1n) is 9.53. The number of benzene rings is 1. The molecular weight excluding hydrogens is 324 g/mol. The van der Waals surface area contributed by atoms with Crippen LogP contribution < -0.4 is 22.1 Å². The Morgan fingerprint density at radius 1 is 1.23 bits per heavy atom. The second-order valence-corrected chi connectivity index (χ2v) is 7.25. The largest absolute Gasteiger partial charge is 0.398 e. The van der Waals surface area contributed by atoms with Gasteiger partial charge in [-0.3, -0.25) is 0 Å². The van der Waals surface area contributed by atoms with Crippen LogP contribution in [0.15, 0.2) is 18.2 Å². The zero-order valence-electron chi connectivity index (χ0n) is 15.8. The van der Waals surface area contributed by atoms with Gasteiger partial charge >= 0.3 is 0 Å². The fourth-order valence-corrected chi connectivity index (χ4v) is 3.45. The summed E-state index contributed by atoms with van der Waals surface area (Å²) in [5.74, 6) is 1.54. The predicted molar refractivity (Wildman–Crippen MR) is 109 cm³/mol. The Labute approximate surface area is 155 Å². The minimum atomic E-state index is 0.190. The summed E-state index contributed by atoms with van der Waals surface area (Å²) in [5.41, 5.74) is 22.7. The van der Waals surface area contributed by atoms with E-state index < -0.39 is 0 Å². The first kappa shape index (κ1) is 18.5. The second kappa shape index (κ2) is 7.91. The summed E-state index contributed by atoms with van der Waals surface area (Å²) in [6.07, 6.45) is 5.28. The Morgan fingerprint density at radius 3 is 2.77 bits per heavy atom. The molecular formula is C20H30N6. The summed E-state index contributed by atoms with van der Waals surface area (Å²) in [7, 11) is 0. The maximum atomic E-state index is 6.32. The van der Waals surface area contributed by atoms with Crippen LogP contribution in [0.5, 0.6) is 0 Å². The number of aromatic nitrogens is 2. The molecule has 1 saturated heterocycles. The standard InChI is InChI=1S/C20H30N6/c1-3-4-7-15-11-17(26-10-5-6-14(21)12-26)25-20(24-15)18-16(22)9-8-13(2)19(18)23/h8-9,11,14H,3-7,10,12,21-23H2,1-2H3. The first-order chi connectivity index (χ1) is 12.5. The monoisotopic (exact) mass is 354 g/mol. The normalized spacial score (nSPS) is 17.5. The highest BCUT2D eigenvalue weighted by Gasteiger charge is 2.21. The molecule has 0 radical (unpaired) electrons. The minimum Gasteiger partial charge on any atom is -0.398 e. The van der Waals surface area contributed by atoms with E-state index in [1.54, 1.807) is 0 Å². The smallest absolute Gasteiger partial charge is 0.165 e. The topological polar surface area (TPSA) is 107 Å². The summed E-state index contributed by atoms with van der Waals surface area (Å²) in [6, 6.07) is 6.09. The van der Waals surface area contributed by atoms with Gasteiger partial charge < -0.3 is 22.1 Å². The van der Waals surface area contributed by atoms with Crippen molar-refractivity contribution < 1.29 is 0 Å². The van der Waals surface area contributed by atoms with Crippen molar-refractivity contribution in [3.8, 4) is 11.4 Å². The molecule has 6 heteroatoms. The van der Waals surface area contributed by atoms with E-state index >= 15 is 0 Å². The zero-order chi connectivity index (χ0) is 18.7. The summed E-state index contributed by atoms with van der Waals surface area (Å²) < 4.78 is 0. The lowest BCUT2D eigenvalue weighted by Gasteiger charge is -2.32. The van der Waals surface area contributed by atoms with Gasteiger partial charge in [-0.15, -0.1) is 0 Å². The van der Waals surface area contributed by atoms with Crippen molar-refractivity contribution in [1.29, 1.82) is 0 Å². The van der Waals surface area contributed by atoms with Gasteiger partial charge in [0.2, 0.25) is 0 Å². The van der Waals surface area contributed by atoms with Gasteiger partial charge in [-0.1, -0.05) is 19.4 Å². The molecule has 3 rings (SSSR count). The van der Waals surface area contributed by atoms with Gasteiger partial charge in [0, 0.05) is 42.3 Å². The van der Waals surface area contributed by atoms with Crippen molar-refractivity contribution in [2.75, 3.05) is 29.5 Å². The van der Waals surface area contributed by atoms with Crippen LogP contribution in [0.4, 0.5) is 17.2 Å². The highest BCUT2D eigenvalue weighted by Crippen LogP contribution is 2.33. The van der Waals surface area contributed by atoms with Gasteiger partial charge in [-0.25, -0.2) is 9.97 Å². The number of aryl methyl sites for hydroxylation is 2. The SMILES string of the molecule is CCCCc1cc(N2CCCC(N)C2)nc(-c2c(N)ccc(C)c2N)n1. The number of anilines is 3. The fourth-order valence-electron chi connectivity index (χ4n) is 3.45. The van der Waals surface area contributed by atoms with Crippen molar-refractivity contribution in [2.45, 2.75) is 52.0 Å². The van der Waals surface area contributed by atoms with Crippen molar-refractivity contribution in [2.24, 2.45) is 5.73 Å². The third-order valence-electron chi connectivity index (χ3n) is 5.05. The summed E-state index contributed by atoms with van der Waals surface area (Å²) >= 11 is 0. The van der Waals surface area contributed by atoms with E-state index in [1.165, 1.54) is 0 Å². The van der Waals surface area contributed by atoms with Crippen LogP contribution in [0.1, 0.15) is 43.9 Å². The van der Waals surface area contributed by atoms with Crippen LogP contribution >= 0.6 is 0 Å². The Hall–Kier alpha value is -2.34. The van der Waals surface area contributed by atoms with Crippen molar-refractivity contribution >= 4 is 17.2 Å². The quantitative estimate of drug-likeness (QED) is 0.713. The molecule has 1 unspecified atom stereocenters. The van der Waals surface area contributed by atoms with Crippen LogP contribution in [0, 0.1) is 6.92 Å². The van der Waals surface area contributed by atoms with Gasteiger partial charge in [-0.05, 0) is 44.2 Å². The lowest BCUT2D eigenvalue weighted by atomic mass is 10.0. The molecule has 26 heavy (non-hydrogen) atoms. The maximum absolute atomic E-state index is 6.32. The van der Waals surface area contributed by atoms with Crippen molar-refractivity contribution in [1.82, 2.24) is 9.97 Å². The van der Waals surface area contributed by atoms with Crippen molar-refractivity contribution in [3.63, 3.8) is 0 Å². The average molecular weight is 355 g/mol. The number of unbranched alkanes of at least 4 members (excludes halogenated alkanes) is 1. The fraction of sp³-hybridized carbons (Fsp3) is 0.500. The molecule has 0 saturated carbocycles. The van der Waals surface area contributed by atoms with E-state index in [2.05, 4.69) is 17.9 Å². The molecule has 2 heterocycles. The molecule has 1 aliphatic rings. The van der Waals surface area contributed by atoms with Crippen molar-refractivity contribution in [3.05, 3.63) is 29.5 Å². The molecule has 140 valence electrons. The number of nitrogen functional groups attached to an aromatic ring is 2. The number of piperidine rings is 1. The molecule has 0 amide bonds. The van der Waals surface area contributed by atoms with Crippen LogP contribution in [-0.4, -0.2) is 29.1 Å². The van der Waals surface area contributed by atoms with E-state index in [9.17, 15) is 0 Å². The predicted octanol–water partition coefficient (Wildman–Crippen LogP) is 2.89. The van der Waals surface area contributed by atoms with Gasteiger partial charge in [0.15, 0.2) is 5.82 Å². The highest BCUT2D eigenvalue weighted by atomic mass is 15.2. The summed E-state index contributed by atoms with van der Waals surface area (Å²) in [6.45, 7) is 5.95. The third-order valence-corrected chi connectivity index (χ3v) is 5.05. The molecule has 1 aromatic heterocycles. The van der Waals surface area contributed by atoms with Crippen LogP contribution in [0.25, 0.3) is 11.4 Å². The zero-order valence-corrected chi connectivity index (χ0v) is 15.8. The molecule has 0 aliphatic carbocycles. The lowest BCUT2D eigenvalue weighted by Crippen LogP contribution is -2.43. The lowest BCUT2D eigenvalue weighted by molar-refractivity contribution is 0.503. The number of hydrogen-bond acceptors (Lipinski definition) is 6. The number of hydrogen-bond donors (Lipinski definition) is 3. The van der Waals surface area contributed by atoms with Gasteiger partial charge in [0.25, 0.3) is 0 Å². The molecule has 1 aromatic carbocycles. The Kier molecular flexibility index (Phi) is 5.61. The average Bonchev–Trinajstić information content (AvgIpc) is 2.63. The minimum absolute atomic E-state index is 0.190. The first-order valence-corrected chi connectivity index (χ1v) is 9.53. The molecule has 1 fully saturated rings. The van der Waals surface area contributed by atoms with Gasteiger partial charge in [0.05, 0.1) is 5.56 Å². The molecule has 2 aromatic rings. The van der Waals surface area contributed by atoms with E-state index in [0.717, 1.165) is 67.8 Å². The summed E-state index contributed by atoms with van der Waals surface area (Å²) in [4.78, 5) is 11.9. The third kappa shape index (κ3) is 3.90. The Balaban J connectivity index is 2.07. The Morgan fingerprint density at radius 2 is 2.04 bits per heavy atom. The molecule has 6 N–H and O–H groups in total. The van der Waals surface area contributed by atoms with E-state index in [4.69, 9.17) is 27.2 Å². The van der Waals surface area contributed by atoms with Crippen LogP contribution in [-0.2, 0) is 6.42 Å². The highest BCUT2D eigenvalue weighted by molar-refractivity contribution is 5.85. The molecule has 6 nitrogen and oxygen atoms in total. The molecule has 1 aliphatic heterocycles. The number of nitrogens with two attached hydrogens (primary N) is 3. The number of nitrogens with zero attached hydrogens (tertiary/aromatic N) is 3. The van der Waals surface area contributed by atoms with E-state index in [-0.39, 0.29) is 6.04 Å². The second-order valence-electron chi connectivity index (χ2n) is 7.25. The van der Waals surface area contributed by atoms with E-state index in [0.29, 0.717) is 17.2 Å². The molecule has 1 atom stereocenters. The van der Waals surface area contributed by atoms with E-state index in [1.807, 2.05) is 19.1 Å². The van der Waals surface area contributed by atoms with Gasteiger partial charge in [-0.2, -0.15) is 0 Å². The number of rotatable bonds is 5.